The highest BCUT2D eigenvalue weighted by Crippen LogP contribution is 2.53. The van der Waals surface area contributed by atoms with Gasteiger partial charge in [-0.05, 0) is 30.7 Å². The lowest BCUT2D eigenvalue weighted by Gasteiger charge is -2.32. The summed E-state index contributed by atoms with van der Waals surface area (Å²) in [6, 6.07) is 5.32. The number of benzene rings is 2. The van der Waals surface area contributed by atoms with E-state index in [0.717, 1.165) is 29.7 Å². The maximum Gasteiger partial charge on any atom is 0.343 e. The van der Waals surface area contributed by atoms with Gasteiger partial charge in [0.2, 0.25) is 12.5 Å². The summed E-state index contributed by atoms with van der Waals surface area (Å²) in [5.74, 6) is 2.30. The van der Waals surface area contributed by atoms with Crippen LogP contribution >= 0.6 is 0 Å². The van der Waals surface area contributed by atoms with Crippen molar-refractivity contribution in [2.45, 2.75) is 18.6 Å². The number of esters is 1. The number of hydrogen-bond acceptors (Lipinski definition) is 8. The lowest BCUT2D eigenvalue weighted by molar-refractivity contribution is 0.0282. The van der Waals surface area contributed by atoms with E-state index in [9.17, 15) is 4.79 Å². The van der Waals surface area contributed by atoms with Gasteiger partial charge in [0.15, 0.2) is 23.0 Å². The van der Waals surface area contributed by atoms with Crippen molar-refractivity contribution in [3.05, 3.63) is 40.5 Å². The zero-order valence-electron chi connectivity index (χ0n) is 16.4. The summed E-state index contributed by atoms with van der Waals surface area (Å²) in [6.07, 6.45) is 0.267. The molecule has 0 aliphatic carbocycles. The largest absolute Gasteiger partial charge is 0.493 e. The van der Waals surface area contributed by atoms with Crippen LogP contribution in [0.1, 0.15) is 39.2 Å². The Hall–Kier alpha value is -3.13. The van der Waals surface area contributed by atoms with Crippen LogP contribution in [-0.4, -0.2) is 40.6 Å². The van der Waals surface area contributed by atoms with Crippen LogP contribution in [0.5, 0.6) is 28.7 Å². The standard InChI is InChI=1S/C21H21NO7/c1-24-12-5-4-11-15(18(12)25-2)21(23)29-17(11)16-14-10(6-7-22-16)8-13-19(20(14)26-3)28-9-27-13/h4-5,8,16-17,22H,6-7,9H2,1-3H3/t16-,17-/m0/s1. The van der Waals surface area contributed by atoms with E-state index in [1.165, 1.54) is 14.2 Å². The van der Waals surface area contributed by atoms with Crippen LogP contribution in [0.25, 0.3) is 0 Å². The lowest BCUT2D eigenvalue weighted by atomic mass is 9.86. The lowest BCUT2D eigenvalue weighted by Crippen LogP contribution is -2.34. The van der Waals surface area contributed by atoms with Crippen LogP contribution in [0.3, 0.4) is 0 Å². The maximum atomic E-state index is 12.8. The van der Waals surface area contributed by atoms with Crippen molar-refractivity contribution < 1.29 is 33.2 Å². The normalized spacial score (nSPS) is 21.3. The third-order valence-electron chi connectivity index (χ3n) is 5.64. The van der Waals surface area contributed by atoms with Gasteiger partial charge in [-0.1, -0.05) is 6.07 Å². The molecule has 0 saturated heterocycles. The summed E-state index contributed by atoms with van der Waals surface area (Å²) >= 11 is 0. The Morgan fingerprint density at radius 3 is 2.66 bits per heavy atom. The van der Waals surface area contributed by atoms with Gasteiger partial charge in [0.05, 0.1) is 27.4 Å². The van der Waals surface area contributed by atoms with Gasteiger partial charge in [-0.25, -0.2) is 4.79 Å². The molecule has 0 radical (unpaired) electrons. The summed E-state index contributed by atoms with van der Waals surface area (Å²) in [6.45, 7) is 0.891. The van der Waals surface area contributed by atoms with Crippen molar-refractivity contribution in [2.24, 2.45) is 0 Å². The van der Waals surface area contributed by atoms with Gasteiger partial charge in [0.25, 0.3) is 0 Å². The number of nitrogens with one attached hydrogen (secondary N) is 1. The van der Waals surface area contributed by atoms with Crippen LogP contribution < -0.4 is 29.0 Å². The molecule has 152 valence electrons. The Labute approximate surface area is 167 Å². The molecule has 0 fully saturated rings. The van der Waals surface area contributed by atoms with Gasteiger partial charge >= 0.3 is 5.97 Å². The van der Waals surface area contributed by atoms with E-state index in [-0.39, 0.29) is 12.8 Å². The van der Waals surface area contributed by atoms with Gasteiger partial charge in [0, 0.05) is 11.1 Å². The van der Waals surface area contributed by atoms with Crippen molar-refractivity contribution in [1.82, 2.24) is 5.32 Å². The highest BCUT2D eigenvalue weighted by atomic mass is 16.7. The van der Waals surface area contributed by atoms with E-state index < -0.39 is 12.1 Å². The molecule has 29 heavy (non-hydrogen) atoms. The summed E-state index contributed by atoms with van der Waals surface area (Å²) in [5.41, 5.74) is 3.14. The Bertz CT molecular complexity index is 1000. The summed E-state index contributed by atoms with van der Waals surface area (Å²) < 4.78 is 33.5. The molecule has 3 aliphatic heterocycles. The monoisotopic (exact) mass is 399 g/mol. The average molecular weight is 399 g/mol. The molecule has 8 nitrogen and oxygen atoms in total. The molecule has 0 spiro atoms. The smallest absolute Gasteiger partial charge is 0.343 e. The Morgan fingerprint density at radius 2 is 1.90 bits per heavy atom. The second-order valence-electron chi connectivity index (χ2n) is 6.99. The van der Waals surface area contributed by atoms with Crippen LogP contribution in [0, 0.1) is 0 Å². The molecule has 1 N–H and O–H groups in total. The number of carbonyl (C=O) groups is 1. The average Bonchev–Trinajstić information content (AvgIpc) is 3.35. The zero-order chi connectivity index (χ0) is 20.1. The van der Waals surface area contributed by atoms with Gasteiger partial charge in [-0.15, -0.1) is 0 Å². The minimum absolute atomic E-state index is 0.158. The second-order valence-corrected chi connectivity index (χ2v) is 6.99. The van der Waals surface area contributed by atoms with Gasteiger partial charge in [-0.2, -0.15) is 0 Å². The molecule has 5 rings (SSSR count). The van der Waals surface area contributed by atoms with E-state index in [1.807, 2.05) is 12.1 Å². The topological polar surface area (TPSA) is 84.5 Å². The number of fused-ring (bicyclic) bond motifs is 3. The quantitative estimate of drug-likeness (QED) is 0.786. The third-order valence-corrected chi connectivity index (χ3v) is 5.64. The highest BCUT2D eigenvalue weighted by molar-refractivity contribution is 5.98. The van der Waals surface area contributed by atoms with Crippen molar-refractivity contribution in [2.75, 3.05) is 34.7 Å². The van der Waals surface area contributed by atoms with Crippen molar-refractivity contribution in [1.29, 1.82) is 0 Å². The van der Waals surface area contributed by atoms with Gasteiger partial charge in [-0.3, -0.25) is 0 Å². The van der Waals surface area contributed by atoms with Gasteiger partial charge < -0.3 is 33.7 Å². The first-order valence-electron chi connectivity index (χ1n) is 9.36. The Balaban J connectivity index is 1.65. The maximum absolute atomic E-state index is 12.8. The van der Waals surface area contributed by atoms with Crippen molar-refractivity contribution >= 4 is 5.97 Å². The number of rotatable bonds is 4. The molecule has 0 aromatic heterocycles. The predicted octanol–water partition coefficient (Wildman–Crippen LogP) is 2.54. The second kappa shape index (κ2) is 6.73. The first kappa shape index (κ1) is 17.9. The fourth-order valence-corrected chi connectivity index (χ4v) is 4.43. The molecule has 0 unspecified atom stereocenters. The molecule has 0 saturated carbocycles. The van der Waals surface area contributed by atoms with Crippen LogP contribution in [0.15, 0.2) is 18.2 Å². The van der Waals surface area contributed by atoms with Crippen LogP contribution in [0.2, 0.25) is 0 Å². The van der Waals surface area contributed by atoms with Crippen molar-refractivity contribution in [3.63, 3.8) is 0 Å². The van der Waals surface area contributed by atoms with E-state index in [0.29, 0.717) is 34.3 Å². The minimum atomic E-state index is -0.536. The van der Waals surface area contributed by atoms with Crippen LogP contribution in [-0.2, 0) is 11.2 Å². The first-order chi connectivity index (χ1) is 14.2. The summed E-state index contributed by atoms with van der Waals surface area (Å²) in [7, 11) is 4.65. The zero-order valence-corrected chi connectivity index (χ0v) is 16.4. The summed E-state index contributed by atoms with van der Waals surface area (Å²) in [4.78, 5) is 12.8. The highest BCUT2D eigenvalue weighted by Gasteiger charge is 2.44. The van der Waals surface area contributed by atoms with E-state index in [1.54, 1.807) is 13.2 Å². The molecule has 3 heterocycles. The van der Waals surface area contributed by atoms with Crippen molar-refractivity contribution in [3.8, 4) is 28.7 Å². The third kappa shape index (κ3) is 2.52. The molecule has 2 aromatic rings. The van der Waals surface area contributed by atoms with E-state index in [2.05, 4.69) is 5.32 Å². The first-order valence-corrected chi connectivity index (χ1v) is 9.36. The molecular formula is C21H21NO7. The number of carbonyl (C=O) groups excluding carboxylic acids is 1. The molecule has 0 bridgehead atoms. The SMILES string of the molecule is COc1ccc2c(c1OC)C(=O)O[C@@H]2[C@H]1NCCc2cc3c(c(OC)c21)OCO3. The van der Waals surface area contributed by atoms with Gasteiger partial charge in [0.1, 0.15) is 11.7 Å². The molecule has 3 aliphatic rings. The number of ether oxygens (including phenoxy) is 6. The molecule has 2 aromatic carbocycles. The molecule has 0 amide bonds. The fourth-order valence-electron chi connectivity index (χ4n) is 4.43. The van der Waals surface area contributed by atoms with Crippen LogP contribution in [0.4, 0.5) is 0 Å². The Morgan fingerprint density at radius 1 is 1.07 bits per heavy atom. The number of cyclic esters (lactones) is 1. The van der Waals surface area contributed by atoms with E-state index >= 15 is 0 Å². The van der Waals surface area contributed by atoms with E-state index in [4.69, 9.17) is 28.4 Å². The molecular weight excluding hydrogens is 378 g/mol. The molecule has 2 atom stereocenters. The fraction of sp³-hybridized carbons (Fsp3) is 0.381. The Kier molecular flexibility index (Phi) is 4.16. The summed E-state index contributed by atoms with van der Waals surface area (Å²) in [5, 5.41) is 3.49. The number of hydrogen-bond donors (Lipinski definition) is 1. The number of methoxy groups -OCH3 is 3. The minimum Gasteiger partial charge on any atom is -0.493 e. The predicted molar refractivity (Wildman–Crippen MR) is 101 cm³/mol. The molecule has 8 heteroatoms.